The molecule has 2 amide bonds. The largest absolute Gasteiger partial charge is 0.497 e. The highest BCUT2D eigenvalue weighted by Crippen LogP contribution is 2.51. The second kappa shape index (κ2) is 13.4. The number of rotatable bonds is 8. The van der Waals surface area contributed by atoms with E-state index >= 15 is 4.79 Å². The highest BCUT2D eigenvalue weighted by atomic mass is 32.2. The topological polar surface area (TPSA) is 135 Å². The van der Waals surface area contributed by atoms with Crippen LogP contribution in [0.2, 0.25) is 0 Å². The molecule has 2 saturated heterocycles. The zero-order valence-electron chi connectivity index (χ0n) is 27.8. The van der Waals surface area contributed by atoms with Gasteiger partial charge in [0.1, 0.15) is 16.4 Å². The van der Waals surface area contributed by atoms with Gasteiger partial charge in [0.05, 0.1) is 19.9 Å². The molecule has 12 nitrogen and oxygen atoms in total. The first kappa shape index (κ1) is 33.7. The monoisotopic (exact) mass is 677 g/mol. The molecule has 0 bridgehead atoms. The molecule has 48 heavy (non-hydrogen) atoms. The van der Waals surface area contributed by atoms with Crippen molar-refractivity contribution in [1.82, 2.24) is 14.7 Å². The predicted molar refractivity (Wildman–Crippen MR) is 181 cm³/mol. The Hall–Kier alpha value is -4.17. The Bertz CT molecular complexity index is 1800. The maximum absolute atomic E-state index is 15.0. The van der Waals surface area contributed by atoms with Gasteiger partial charge in [0, 0.05) is 56.0 Å². The minimum Gasteiger partial charge on any atom is -0.497 e. The van der Waals surface area contributed by atoms with Crippen LogP contribution in [0.4, 0.5) is 10.5 Å². The van der Waals surface area contributed by atoms with Crippen LogP contribution in [0, 0.1) is 6.92 Å². The number of ether oxygens (including phenoxy) is 3. The molecule has 3 aromatic rings. The van der Waals surface area contributed by atoms with E-state index < -0.39 is 27.6 Å². The van der Waals surface area contributed by atoms with E-state index in [4.69, 9.17) is 19.9 Å². The van der Waals surface area contributed by atoms with Crippen LogP contribution in [0.3, 0.4) is 0 Å². The Labute approximate surface area is 282 Å². The molecule has 0 radical (unpaired) electrons. The van der Waals surface area contributed by atoms with Crippen molar-refractivity contribution in [2.75, 3.05) is 64.8 Å². The average molecular weight is 678 g/mol. The van der Waals surface area contributed by atoms with Gasteiger partial charge in [0.2, 0.25) is 5.60 Å². The third kappa shape index (κ3) is 5.78. The number of aryl methyl sites for hydroxylation is 1. The Kier molecular flexibility index (Phi) is 9.40. The van der Waals surface area contributed by atoms with Gasteiger partial charge in [-0.25, -0.2) is 13.2 Å². The van der Waals surface area contributed by atoms with Gasteiger partial charge in [-0.2, -0.15) is 4.31 Å². The van der Waals surface area contributed by atoms with E-state index in [2.05, 4.69) is 16.8 Å². The molecular formula is C35H43N5O7S. The first-order chi connectivity index (χ1) is 23.0. The molecule has 3 aromatic carbocycles. The first-order valence-corrected chi connectivity index (χ1v) is 17.6. The maximum Gasteiger partial charge on any atom is 0.411 e. The highest BCUT2D eigenvalue weighted by molar-refractivity contribution is 7.93. The average Bonchev–Trinajstić information content (AvgIpc) is 3.35. The van der Waals surface area contributed by atoms with Crippen LogP contribution in [0.25, 0.3) is 0 Å². The standard InChI is InChI=1S/C35H43N5O7S/c1-24-9-11-30-29(21-24)35(28-8-6-5-7-25(28)23-36,33(41)40(30)48(43,44)32-12-10-27(45-3)22-31(32)46-4)47-34(42)39-19-17-38(18-20-39)26-13-15-37(2)16-14-26/h5-12,21-22,26H,13-20,23,36H2,1-4H3. The van der Waals surface area contributed by atoms with E-state index in [0.717, 1.165) is 35.8 Å². The molecular weight excluding hydrogens is 634 g/mol. The van der Waals surface area contributed by atoms with Gasteiger partial charge in [-0.05, 0) is 69.7 Å². The number of likely N-dealkylation sites (tertiary alicyclic amines) is 1. The van der Waals surface area contributed by atoms with E-state index in [9.17, 15) is 13.2 Å². The summed E-state index contributed by atoms with van der Waals surface area (Å²) in [6, 6.07) is 16.6. The fourth-order valence-electron chi connectivity index (χ4n) is 7.08. The smallest absolute Gasteiger partial charge is 0.411 e. The van der Waals surface area contributed by atoms with Crippen LogP contribution in [0.15, 0.2) is 65.6 Å². The van der Waals surface area contributed by atoms with Crippen LogP contribution in [0.5, 0.6) is 11.5 Å². The molecule has 1 unspecified atom stereocenters. The SMILES string of the molecule is COc1ccc(S(=O)(=O)N2C(=O)C(OC(=O)N3CCN(C4CCN(C)CC4)CC3)(c3ccccc3CN)c3cc(C)ccc32)c(OC)c1. The Balaban J connectivity index is 1.42. The molecule has 2 fully saturated rings. The maximum atomic E-state index is 15.0. The number of carbonyl (C=O) groups excluding carboxylic acids is 2. The van der Waals surface area contributed by atoms with Crippen molar-refractivity contribution in [3.05, 3.63) is 82.9 Å². The van der Waals surface area contributed by atoms with Gasteiger partial charge in [-0.1, -0.05) is 35.9 Å². The molecule has 6 rings (SSSR count). The van der Waals surface area contributed by atoms with E-state index in [1.54, 1.807) is 47.4 Å². The number of piperidine rings is 1. The van der Waals surface area contributed by atoms with Gasteiger partial charge in [0.15, 0.2) is 0 Å². The quantitative estimate of drug-likeness (QED) is 0.379. The Morgan fingerprint density at radius 2 is 1.62 bits per heavy atom. The molecule has 0 aromatic heterocycles. The number of fused-ring (bicyclic) bond motifs is 1. The molecule has 0 saturated carbocycles. The highest BCUT2D eigenvalue weighted by Gasteiger charge is 2.60. The van der Waals surface area contributed by atoms with Crippen LogP contribution in [-0.4, -0.2) is 102 Å². The summed E-state index contributed by atoms with van der Waals surface area (Å²) in [5, 5.41) is 0. The van der Waals surface area contributed by atoms with E-state index in [1.165, 1.54) is 32.4 Å². The molecule has 13 heteroatoms. The number of hydrogen-bond acceptors (Lipinski definition) is 10. The molecule has 0 aliphatic carbocycles. The summed E-state index contributed by atoms with van der Waals surface area (Å²) in [5.41, 5.74) is 5.97. The van der Waals surface area contributed by atoms with Crippen molar-refractivity contribution in [3.63, 3.8) is 0 Å². The van der Waals surface area contributed by atoms with Crippen molar-refractivity contribution in [1.29, 1.82) is 0 Å². The lowest BCUT2D eigenvalue weighted by molar-refractivity contribution is -0.132. The van der Waals surface area contributed by atoms with Crippen LogP contribution in [-0.2, 0) is 31.7 Å². The van der Waals surface area contributed by atoms with Gasteiger partial charge >= 0.3 is 6.09 Å². The van der Waals surface area contributed by atoms with Crippen molar-refractivity contribution < 1.29 is 32.2 Å². The molecule has 2 N–H and O–H groups in total. The molecule has 3 heterocycles. The zero-order valence-corrected chi connectivity index (χ0v) is 28.7. The van der Waals surface area contributed by atoms with Gasteiger partial charge in [0.25, 0.3) is 15.9 Å². The lowest BCUT2D eigenvalue weighted by Crippen LogP contribution is -2.55. The van der Waals surface area contributed by atoms with E-state index in [1.807, 2.05) is 6.92 Å². The number of benzene rings is 3. The second-order valence-corrected chi connectivity index (χ2v) is 14.3. The van der Waals surface area contributed by atoms with Crippen molar-refractivity contribution in [3.8, 4) is 11.5 Å². The summed E-state index contributed by atoms with van der Waals surface area (Å²) >= 11 is 0. The number of hydrogen-bond donors (Lipinski definition) is 1. The first-order valence-electron chi connectivity index (χ1n) is 16.2. The molecule has 3 aliphatic rings. The number of piperazine rings is 1. The number of sulfonamides is 1. The van der Waals surface area contributed by atoms with Gasteiger partial charge in [-0.15, -0.1) is 0 Å². The lowest BCUT2D eigenvalue weighted by atomic mass is 9.83. The van der Waals surface area contributed by atoms with Crippen LogP contribution < -0.4 is 19.5 Å². The normalized spacial score (nSPS) is 20.9. The summed E-state index contributed by atoms with van der Waals surface area (Å²) in [6.45, 7) is 6.13. The molecule has 0 spiro atoms. The number of nitrogens with two attached hydrogens (primary N) is 1. The van der Waals surface area contributed by atoms with E-state index in [0.29, 0.717) is 49.1 Å². The predicted octanol–water partition coefficient (Wildman–Crippen LogP) is 3.30. The summed E-state index contributed by atoms with van der Waals surface area (Å²) < 4.78 is 46.9. The summed E-state index contributed by atoms with van der Waals surface area (Å²) in [5.74, 6) is -0.569. The number of carbonyl (C=O) groups is 2. The molecule has 3 aliphatic heterocycles. The van der Waals surface area contributed by atoms with Crippen LogP contribution >= 0.6 is 0 Å². The van der Waals surface area contributed by atoms with Gasteiger partial charge < -0.3 is 29.7 Å². The Morgan fingerprint density at radius 1 is 0.917 bits per heavy atom. The van der Waals surface area contributed by atoms with Crippen molar-refractivity contribution in [2.24, 2.45) is 5.73 Å². The molecule has 256 valence electrons. The third-order valence-corrected chi connectivity index (χ3v) is 11.5. The number of anilines is 1. The number of methoxy groups -OCH3 is 2. The van der Waals surface area contributed by atoms with E-state index in [-0.39, 0.29) is 28.4 Å². The lowest BCUT2D eigenvalue weighted by Gasteiger charge is -2.42. The second-order valence-electron chi connectivity index (χ2n) is 12.6. The summed E-state index contributed by atoms with van der Waals surface area (Å²) in [6.07, 6.45) is 1.45. The fourth-order valence-corrected chi connectivity index (χ4v) is 8.68. The van der Waals surface area contributed by atoms with Crippen molar-refractivity contribution in [2.45, 2.75) is 42.8 Å². The summed E-state index contributed by atoms with van der Waals surface area (Å²) in [4.78, 5) is 35.3. The summed E-state index contributed by atoms with van der Waals surface area (Å²) in [7, 11) is 0.320. The zero-order chi connectivity index (χ0) is 34.2. The third-order valence-electron chi connectivity index (χ3n) is 9.76. The number of nitrogens with zero attached hydrogens (tertiary/aromatic N) is 4. The van der Waals surface area contributed by atoms with Crippen LogP contribution in [0.1, 0.15) is 35.1 Å². The fraction of sp³-hybridized carbons (Fsp3) is 0.429. The Morgan fingerprint density at radius 3 is 2.29 bits per heavy atom. The molecule has 1 atom stereocenters. The van der Waals surface area contributed by atoms with Gasteiger partial charge in [-0.3, -0.25) is 9.69 Å². The minimum atomic E-state index is -4.61. The van der Waals surface area contributed by atoms with Crippen molar-refractivity contribution >= 4 is 27.7 Å². The minimum absolute atomic E-state index is 0.00449. The number of amides is 2.